The van der Waals surface area contributed by atoms with Crippen molar-refractivity contribution < 1.29 is 9.53 Å². The molecule has 0 saturated carbocycles. The summed E-state index contributed by atoms with van der Waals surface area (Å²) in [6.45, 7) is 6.53. The maximum Gasteiger partial charge on any atom is 0.222 e. The van der Waals surface area contributed by atoms with Crippen LogP contribution < -0.4 is 10.6 Å². The molecule has 4 nitrogen and oxygen atoms in total. The molecule has 2 N–H and O–H groups in total. The van der Waals surface area contributed by atoms with Crippen molar-refractivity contribution in [3.63, 3.8) is 0 Å². The Hall–Kier alpha value is -0.610. The second kappa shape index (κ2) is 7.63. The standard InChI is InChI=1S/C12H24N2O2/c1-3-8-16-9-6-12(15)14-11-5-4-7-13-10(11)2/h10-11,13H,3-9H2,1-2H3,(H,14,15). The minimum atomic E-state index is 0.108. The zero-order chi connectivity index (χ0) is 11.8. The second-order valence-electron chi connectivity index (χ2n) is 4.42. The van der Waals surface area contributed by atoms with Crippen molar-refractivity contribution in [3.05, 3.63) is 0 Å². The van der Waals surface area contributed by atoms with Gasteiger partial charge in [-0.25, -0.2) is 0 Å². The monoisotopic (exact) mass is 228 g/mol. The van der Waals surface area contributed by atoms with Crippen molar-refractivity contribution in [2.45, 2.75) is 51.6 Å². The minimum Gasteiger partial charge on any atom is -0.381 e. The number of piperidine rings is 1. The normalized spacial score (nSPS) is 25.4. The first-order chi connectivity index (χ1) is 7.74. The van der Waals surface area contributed by atoms with Gasteiger partial charge in [0.1, 0.15) is 0 Å². The van der Waals surface area contributed by atoms with E-state index in [4.69, 9.17) is 4.74 Å². The topological polar surface area (TPSA) is 50.4 Å². The summed E-state index contributed by atoms with van der Waals surface area (Å²) in [5.41, 5.74) is 0. The molecule has 16 heavy (non-hydrogen) atoms. The lowest BCUT2D eigenvalue weighted by Gasteiger charge is -2.30. The first kappa shape index (κ1) is 13.5. The highest BCUT2D eigenvalue weighted by Gasteiger charge is 2.21. The molecule has 1 rings (SSSR count). The molecule has 1 fully saturated rings. The zero-order valence-corrected chi connectivity index (χ0v) is 10.4. The molecule has 0 aromatic heterocycles. The van der Waals surface area contributed by atoms with Gasteiger partial charge in [0.05, 0.1) is 6.61 Å². The van der Waals surface area contributed by atoms with Gasteiger partial charge < -0.3 is 15.4 Å². The van der Waals surface area contributed by atoms with Crippen LogP contribution in [0.15, 0.2) is 0 Å². The highest BCUT2D eigenvalue weighted by Crippen LogP contribution is 2.08. The first-order valence-electron chi connectivity index (χ1n) is 6.34. The van der Waals surface area contributed by atoms with E-state index in [1.165, 1.54) is 0 Å². The van der Waals surface area contributed by atoms with Crippen molar-refractivity contribution in [1.82, 2.24) is 10.6 Å². The largest absolute Gasteiger partial charge is 0.381 e. The molecular weight excluding hydrogens is 204 g/mol. The molecule has 94 valence electrons. The van der Waals surface area contributed by atoms with E-state index in [0.29, 0.717) is 19.1 Å². The van der Waals surface area contributed by atoms with E-state index >= 15 is 0 Å². The molecule has 0 aromatic carbocycles. The second-order valence-corrected chi connectivity index (χ2v) is 4.42. The maximum atomic E-state index is 11.6. The van der Waals surface area contributed by atoms with Crippen molar-refractivity contribution in [1.29, 1.82) is 0 Å². The number of rotatable bonds is 6. The average Bonchev–Trinajstić information content (AvgIpc) is 2.28. The molecule has 4 heteroatoms. The summed E-state index contributed by atoms with van der Waals surface area (Å²) in [6.07, 6.45) is 3.70. The molecule has 0 aromatic rings. The van der Waals surface area contributed by atoms with E-state index in [1.54, 1.807) is 0 Å². The molecule has 0 spiro atoms. The quantitative estimate of drug-likeness (QED) is 0.668. The van der Waals surface area contributed by atoms with Crippen LogP contribution in [0.2, 0.25) is 0 Å². The third-order valence-electron chi connectivity index (χ3n) is 2.93. The summed E-state index contributed by atoms with van der Waals surface area (Å²) in [7, 11) is 0. The molecular formula is C12H24N2O2. The highest BCUT2D eigenvalue weighted by molar-refractivity contribution is 5.76. The number of amides is 1. The fraction of sp³-hybridized carbons (Fsp3) is 0.917. The third kappa shape index (κ3) is 4.94. The van der Waals surface area contributed by atoms with Gasteiger partial charge in [0.2, 0.25) is 5.91 Å². The van der Waals surface area contributed by atoms with Crippen LogP contribution in [0, 0.1) is 0 Å². The van der Waals surface area contributed by atoms with Crippen LogP contribution in [0.4, 0.5) is 0 Å². The minimum absolute atomic E-state index is 0.108. The summed E-state index contributed by atoms with van der Waals surface area (Å²) in [4.78, 5) is 11.6. The van der Waals surface area contributed by atoms with Crippen molar-refractivity contribution in [2.24, 2.45) is 0 Å². The lowest BCUT2D eigenvalue weighted by molar-refractivity contribution is -0.123. The van der Waals surface area contributed by atoms with Crippen molar-refractivity contribution >= 4 is 5.91 Å². The van der Waals surface area contributed by atoms with Crippen LogP contribution in [-0.4, -0.2) is 37.7 Å². The van der Waals surface area contributed by atoms with E-state index in [9.17, 15) is 4.79 Å². The Kier molecular flexibility index (Phi) is 6.42. The van der Waals surface area contributed by atoms with E-state index in [1.807, 2.05) is 0 Å². The third-order valence-corrected chi connectivity index (χ3v) is 2.93. The van der Waals surface area contributed by atoms with Crippen LogP contribution >= 0.6 is 0 Å². The van der Waals surface area contributed by atoms with E-state index < -0.39 is 0 Å². The lowest BCUT2D eigenvalue weighted by Crippen LogP contribution is -2.52. The van der Waals surface area contributed by atoms with Gasteiger partial charge >= 0.3 is 0 Å². The van der Waals surface area contributed by atoms with Gasteiger partial charge in [-0.2, -0.15) is 0 Å². The van der Waals surface area contributed by atoms with Crippen molar-refractivity contribution in [2.75, 3.05) is 19.8 Å². The van der Waals surface area contributed by atoms with Crippen LogP contribution in [0.1, 0.15) is 39.5 Å². The fourth-order valence-corrected chi connectivity index (χ4v) is 1.93. The lowest BCUT2D eigenvalue weighted by atomic mass is 10.00. The molecule has 0 aliphatic carbocycles. The Balaban J connectivity index is 2.12. The Morgan fingerprint density at radius 2 is 2.31 bits per heavy atom. The summed E-state index contributed by atoms with van der Waals surface area (Å²) >= 11 is 0. The fourth-order valence-electron chi connectivity index (χ4n) is 1.93. The Morgan fingerprint density at radius 3 is 3.00 bits per heavy atom. The number of carbonyl (C=O) groups excluding carboxylic acids is 1. The number of nitrogens with one attached hydrogen (secondary N) is 2. The average molecular weight is 228 g/mol. The van der Waals surface area contributed by atoms with E-state index in [0.717, 1.165) is 32.4 Å². The molecule has 0 bridgehead atoms. The molecule has 1 amide bonds. The van der Waals surface area contributed by atoms with E-state index in [-0.39, 0.29) is 11.9 Å². The van der Waals surface area contributed by atoms with Crippen LogP contribution in [0.5, 0.6) is 0 Å². The van der Waals surface area contributed by atoms with Gasteiger partial charge in [-0.05, 0) is 32.7 Å². The molecule has 1 heterocycles. The number of carbonyl (C=O) groups is 1. The first-order valence-corrected chi connectivity index (χ1v) is 6.34. The molecule has 0 radical (unpaired) electrons. The Labute approximate surface area is 98.1 Å². The van der Waals surface area contributed by atoms with Crippen LogP contribution in [0.3, 0.4) is 0 Å². The number of ether oxygens (including phenoxy) is 1. The van der Waals surface area contributed by atoms with Gasteiger partial charge in [-0.1, -0.05) is 6.92 Å². The molecule has 1 aliphatic rings. The number of hydrogen-bond acceptors (Lipinski definition) is 3. The summed E-state index contributed by atoms with van der Waals surface area (Å²) in [6, 6.07) is 0.668. The maximum absolute atomic E-state index is 11.6. The highest BCUT2D eigenvalue weighted by atomic mass is 16.5. The summed E-state index contributed by atoms with van der Waals surface area (Å²) in [5.74, 6) is 0.108. The van der Waals surface area contributed by atoms with Gasteiger partial charge in [0.25, 0.3) is 0 Å². The molecule has 1 aliphatic heterocycles. The zero-order valence-electron chi connectivity index (χ0n) is 10.4. The van der Waals surface area contributed by atoms with Gasteiger partial charge in [0, 0.05) is 25.1 Å². The molecule has 2 atom stereocenters. The smallest absolute Gasteiger partial charge is 0.222 e. The van der Waals surface area contributed by atoms with Gasteiger partial charge in [-0.3, -0.25) is 4.79 Å². The summed E-state index contributed by atoms with van der Waals surface area (Å²) < 4.78 is 5.29. The predicted octanol–water partition coefficient (Wildman–Crippen LogP) is 1.06. The van der Waals surface area contributed by atoms with Crippen molar-refractivity contribution in [3.8, 4) is 0 Å². The number of hydrogen-bond donors (Lipinski definition) is 2. The van der Waals surface area contributed by atoms with Crippen LogP contribution in [-0.2, 0) is 9.53 Å². The molecule has 1 saturated heterocycles. The van der Waals surface area contributed by atoms with Crippen LogP contribution in [0.25, 0.3) is 0 Å². The predicted molar refractivity (Wildman–Crippen MR) is 64.4 cm³/mol. The van der Waals surface area contributed by atoms with E-state index in [2.05, 4.69) is 24.5 Å². The SMILES string of the molecule is CCCOCCC(=O)NC1CCCNC1C. The molecule has 2 unspecified atom stereocenters. The van der Waals surface area contributed by atoms with Gasteiger partial charge in [0.15, 0.2) is 0 Å². The summed E-state index contributed by atoms with van der Waals surface area (Å²) in [5, 5.41) is 6.43. The Morgan fingerprint density at radius 1 is 1.50 bits per heavy atom. The van der Waals surface area contributed by atoms with Gasteiger partial charge in [-0.15, -0.1) is 0 Å². The Bertz CT molecular complexity index is 209.